The molecule has 3 aromatic rings. The third-order valence-electron chi connectivity index (χ3n) is 5.19. The first-order valence-electron chi connectivity index (χ1n) is 10.8. The van der Waals surface area contributed by atoms with Crippen molar-refractivity contribution < 1.29 is 23.3 Å². The van der Waals surface area contributed by atoms with E-state index < -0.39 is 13.8 Å². The fourth-order valence-corrected chi connectivity index (χ4v) is 5.44. The van der Waals surface area contributed by atoms with Gasteiger partial charge in [0, 0.05) is 0 Å². The van der Waals surface area contributed by atoms with E-state index in [1.54, 1.807) is 18.5 Å². The number of nitrogens with zero attached hydrogens (tertiary/aromatic N) is 4. The molecule has 4 rings (SSSR count). The maximum absolute atomic E-state index is 13.8. The summed E-state index contributed by atoms with van der Waals surface area (Å²) in [6, 6.07) is 8.71. The summed E-state index contributed by atoms with van der Waals surface area (Å²) in [6.07, 6.45) is 2.73. The van der Waals surface area contributed by atoms with Gasteiger partial charge in [-0.05, 0) is 25.5 Å². The Hall–Kier alpha value is -2.56. The smallest absolute Gasteiger partial charge is 0.342 e. The minimum atomic E-state index is -3.47. The molecule has 12 heteroatoms. The quantitative estimate of drug-likeness (QED) is 0.398. The summed E-state index contributed by atoms with van der Waals surface area (Å²) in [4.78, 5) is 12.5. The molecule has 0 radical (unpaired) electrons. The summed E-state index contributed by atoms with van der Waals surface area (Å²) in [5.74, 6) is 0.805. The Balaban J connectivity index is 1.45. The van der Waals surface area contributed by atoms with Crippen molar-refractivity contribution in [3.63, 3.8) is 0 Å². The van der Waals surface area contributed by atoms with Gasteiger partial charge in [0.15, 0.2) is 17.8 Å². The van der Waals surface area contributed by atoms with E-state index in [9.17, 15) is 4.57 Å². The van der Waals surface area contributed by atoms with Crippen LogP contribution in [-0.4, -0.2) is 57.5 Å². The van der Waals surface area contributed by atoms with Gasteiger partial charge < -0.3 is 29.0 Å². The Morgan fingerprint density at radius 3 is 2.73 bits per heavy atom. The third kappa shape index (κ3) is 5.87. The number of nitrogens with one attached hydrogen (secondary N) is 1. The van der Waals surface area contributed by atoms with Gasteiger partial charge >= 0.3 is 7.52 Å². The zero-order valence-electron chi connectivity index (χ0n) is 18.7. The van der Waals surface area contributed by atoms with Crippen molar-refractivity contribution in [2.24, 2.45) is 0 Å². The Bertz CT molecular complexity index is 1090. The van der Waals surface area contributed by atoms with Gasteiger partial charge in [-0.1, -0.05) is 25.1 Å². The van der Waals surface area contributed by atoms with Gasteiger partial charge in [0.1, 0.15) is 23.9 Å². The molecule has 0 bridgehead atoms. The summed E-state index contributed by atoms with van der Waals surface area (Å²) in [5.41, 5.74) is 7.01. The molecule has 3 unspecified atom stereocenters. The number of aromatic nitrogens is 4. The van der Waals surface area contributed by atoms with Crippen LogP contribution in [0.3, 0.4) is 0 Å². The van der Waals surface area contributed by atoms with Gasteiger partial charge in [-0.3, -0.25) is 4.57 Å². The Morgan fingerprint density at radius 2 is 2.00 bits per heavy atom. The lowest BCUT2D eigenvalue weighted by atomic mass is 10.2. The van der Waals surface area contributed by atoms with Gasteiger partial charge in [0.05, 0.1) is 38.2 Å². The van der Waals surface area contributed by atoms with Crippen molar-refractivity contribution in [2.75, 3.05) is 25.3 Å². The summed E-state index contributed by atoms with van der Waals surface area (Å²) in [5, 5.41) is 3.12. The Morgan fingerprint density at radius 1 is 1.24 bits per heavy atom. The van der Waals surface area contributed by atoms with Gasteiger partial charge in [-0.2, -0.15) is 0 Å². The van der Waals surface area contributed by atoms with E-state index >= 15 is 0 Å². The molecule has 0 saturated carbocycles. The van der Waals surface area contributed by atoms with Crippen molar-refractivity contribution in [2.45, 2.75) is 45.2 Å². The summed E-state index contributed by atoms with van der Waals surface area (Å²) < 4.78 is 38.8. The van der Waals surface area contributed by atoms with Gasteiger partial charge in [-0.25, -0.2) is 20.0 Å². The molecular weight excluding hydrogens is 447 g/mol. The van der Waals surface area contributed by atoms with Crippen LogP contribution in [-0.2, 0) is 25.3 Å². The number of imidazole rings is 1. The molecule has 1 fully saturated rings. The Labute approximate surface area is 192 Å². The van der Waals surface area contributed by atoms with Crippen LogP contribution in [0.2, 0.25) is 0 Å². The van der Waals surface area contributed by atoms with E-state index in [4.69, 9.17) is 24.5 Å². The first kappa shape index (κ1) is 23.6. The second-order valence-corrected chi connectivity index (χ2v) is 9.81. The lowest BCUT2D eigenvalue weighted by Crippen LogP contribution is -2.40. The largest absolute Gasteiger partial charge is 0.431 e. The van der Waals surface area contributed by atoms with Crippen LogP contribution in [0.4, 0.5) is 5.82 Å². The number of anilines is 1. The second kappa shape index (κ2) is 10.6. The molecular formula is C21H29N6O5P. The predicted octanol–water partition coefficient (Wildman–Crippen LogP) is 2.78. The molecule has 1 aromatic carbocycles. The molecule has 1 aliphatic rings. The molecule has 3 atom stereocenters. The summed E-state index contributed by atoms with van der Waals surface area (Å²) in [7, 11) is -3.47. The lowest BCUT2D eigenvalue weighted by molar-refractivity contribution is -0.0639. The minimum absolute atomic E-state index is 0.143. The molecule has 178 valence electrons. The van der Waals surface area contributed by atoms with Crippen molar-refractivity contribution in [1.29, 1.82) is 0 Å². The minimum Gasteiger partial charge on any atom is -0.431 e. The van der Waals surface area contributed by atoms with E-state index in [0.717, 1.165) is 0 Å². The number of para-hydroxylation sites is 1. The number of benzene rings is 1. The molecule has 3 N–H and O–H groups in total. The van der Waals surface area contributed by atoms with E-state index in [1.165, 1.54) is 6.33 Å². The molecule has 11 nitrogen and oxygen atoms in total. The highest BCUT2D eigenvalue weighted by molar-refractivity contribution is 7.57. The van der Waals surface area contributed by atoms with E-state index in [1.807, 2.05) is 36.6 Å². The highest BCUT2D eigenvalue weighted by Gasteiger charge is 2.35. The van der Waals surface area contributed by atoms with Gasteiger partial charge in [0.2, 0.25) is 0 Å². The number of rotatable bonds is 11. The number of nitrogens with two attached hydrogens (primary N) is 1. The third-order valence-corrected chi connectivity index (χ3v) is 6.91. The van der Waals surface area contributed by atoms with Gasteiger partial charge in [-0.15, -0.1) is 0 Å². The predicted molar refractivity (Wildman–Crippen MR) is 123 cm³/mol. The number of nitrogen functional groups attached to an aromatic ring is 1. The van der Waals surface area contributed by atoms with Crippen LogP contribution in [0.1, 0.15) is 20.3 Å². The van der Waals surface area contributed by atoms with E-state index in [-0.39, 0.29) is 18.5 Å². The molecule has 0 amide bonds. The first-order valence-corrected chi connectivity index (χ1v) is 12.7. The number of ether oxygens (including phenoxy) is 3. The van der Waals surface area contributed by atoms with Crippen LogP contribution >= 0.6 is 7.52 Å². The van der Waals surface area contributed by atoms with Crippen molar-refractivity contribution in [1.82, 2.24) is 24.6 Å². The maximum atomic E-state index is 13.8. The standard InChI is InChI=1S/C21H29N6O5P/c1-3-17(21-29-9-10-30-21)26-33(28,32-16-7-5-4-6-8-16)14-31-15(2)11-27-13-25-18-19(22)23-12-24-20(18)27/h4-8,12-13,15,17,21H,3,9-11,14H2,1-2H3,(H,26,28)(H2,22,23,24). The summed E-state index contributed by atoms with van der Waals surface area (Å²) >= 11 is 0. The van der Waals surface area contributed by atoms with E-state index in [0.29, 0.717) is 48.9 Å². The van der Waals surface area contributed by atoms with Crippen LogP contribution in [0.25, 0.3) is 11.2 Å². The molecule has 3 heterocycles. The fraction of sp³-hybridized carbons (Fsp3) is 0.476. The molecule has 33 heavy (non-hydrogen) atoms. The normalized spacial score (nSPS) is 18.2. The summed E-state index contributed by atoms with van der Waals surface area (Å²) in [6.45, 7) is 5.30. The number of hydrogen-bond acceptors (Lipinski definition) is 9. The van der Waals surface area contributed by atoms with Crippen LogP contribution in [0.5, 0.6) is 5.75 Å². The fourth-order valence-electron chi connectivity index (χ4n) is 3.54. The van der Waals surface area contributed by atoms with Crippen molar-refractivity contribution >= 4 is 24.5 Å². The highest BCUT2D eigenvalue weighted by Crippen LogP contribution is 2.44. The topological polar surface area (TPSA) is 136 Å². The molecule has 0 aliphatic carbocycles. The zero-order chi connectivity index (χ0) is 23.3. The maximum Gasteiger partial charge on any atom is 0.342 e. The second-order valence-electron chi connectivity index (χ2n) is 7.77. The molecule has 2 aromatic heterocycles. The number of fused-ring (bicyclic) bond motifs is 1. The average molecular weight is 476 g/mol. The Kier molecular flexibility index (Phi) is 7.56. The molecule has 1 aliphatic heterocycles. The molecule has 1 saturated heterocycles. The lowest BCUT2D eigenvalue weighted by Gasteiger charge is -2.29. The molecule has 0 spiro atoms. The van der Waals surface area contributed by atoms with Crippen LogP contribution < -0.4 is 15.3 Å². The number of hydrogen-bond donors (Lipinski definition) is 2. The monoisotopic (exact) mass is 476 g/mol. The van der Waals surface area contributed by atoms with Gasteiger partial charge in [0.25, 0.3) is 0 Å². The van der Waals surface area contributed by atoms with Crippen LogP contribution in [0, 0.1) is 0 Å². The van der Waals surface area contributed by atoms with Crippen molar-refractivity contribution in [3.8, 4) is 5.75 Å². The highest BCUT2D eigenvalue weighted by atomic mass is 31.2. The van der Waals surface area contributed by atoms with E-state index in [2.05, 4.69) is 20.0 Å². The first-order chi connectivity index (χ1) is 16.0. The van der Waals surface area contributed by atoms with Crippen LogP contribution in [0.15, 0.2) is 43.0 Å². The SMILES string of the molecule is CCC(NP(=O)(COC(C)Cn1cnc2c(N)ncnc21)Oc1ccccc1)C1OCCO1. The van der Waals surface area contributed by atoms with Crippen molar-refractivity contribution in [3.05, 3.63) is 43.0 Å². The zero-order valence-corrected chi connectivity index (χ0v) is 19.6. The average Bonchev–Trinajstić information content (AvgIpc) is 3.49.